The van der Waals surface area contributed by atoms with Crippen molar-refractivity contribution in [2.75, 3.05) is 44.7 Å². The smallest absolute Gasteiger partial charge is 0.243 e. The van der Waals surface area contributed by atoms with Crippen LogP contribution in [0.5, 0.6) is 0 Å². The van der Waals surface area contributed by atoms with Crippen molar-refractivity contribution in [2.24, 2.45) is 0 Å². The highest BCUT2D eigenvalue weighted by atomic mass is 32.2. The van der Waals surface area contributed by atoms with Gasteiger partial charge < -0.3 is 15.2 Å². The number of amides is 1. The molecule has 1 aromatic rings. The molecular formula is C18H27N3O5S. The number of aliphatic hydroxyl groups excluding tert-OH is 1. The molecule has 2 fully saturated rings. The van der Waals surface area contributed by atoms with Crippen molar-refractivity contribution in [2.45, 2.75) is 36.8 Å². The van der Waals surface area contributed by atoms with Gasteiger partial charge in [-0.3, -0.25) is 9.69 Å². The van der Waals surface area contributed by atoms with Crippen molar-refractivity contribution in [3.63, 3.8) is 0 Å². The molecule has 0 aliphatic carbocycles. The molecule has 1 atom stereocenters. The van der Waals surface area contributed by atoms with Crippen molar-refractivity contribution in [1.29, 1.82) is 0 Å². The van der Waals surface area contributed by atoms with Crippen LogP contribution in [0.2, 0.25) is 0 Å². The summed E-state index contributed by atoms with van der Waals surface area (Å²) in [6.45, 7) is 4.59. The first-order valence-electron chi connectivity index (χ1n) is 9.29. The zero-order chi connectivity index (χ0) is 19.4. The molecule has 150 valence electrons. The summed E-state index contributed by atoms with van der Waals surface area (Å²) in [7, 11) is -3.60. The number of carbonyl (C=O) groups excluding carboxylic acids is 1. The molecule has 8 nitrogen and oxygen atoms in total. The molecule has 2 saturated heterocycles. The SMILES string of the molecule is C[C@@H](C(=O)Nc1cccc(S(=O)(=O)N2CCOCC2)c1)N1CCC(O)CC1. The summed E-state index contributed by atoms with van der Waals surface area (Å²) in [5, 5.41) is 12.4. The third-order valence-corrected chi connectivity index (χ3v) is 7.03. The molecule has 0 saturated carbocycles. The molecule has 0 spiro atoms. The fourth-order valence-electron chi connectivity index (χ4n) is 3.36. The normalized spacial score (nSPS) is 21.7. The number of benzene rings is 1. The van der Waals surface area contributed by atoms with Crippen molar-refractivity contribution in [3.05, 3.63) is 24.3 Å². The lowest BCUT2D eigenvalue weighted by Gasteiger charge is -2.33. The van der Waals surface area contributed by atoms with E-state index in [0.29, 0.717) is 57.9 Å². The molecule has 2 aliphatic rings. The topological polar surface area (TPSA) is 99.2 Å². The zero-order valence-electron chi connectivity index (χ0n) is 15.5. The number of rotatable bonds is 5. The molecule has 2 heterocycles. The number of hydrogen-bond acceptors (Lipinski definition) is 6. The molecular weight excluding hydrogens is 370 g/mol. The molecule has 0 bridgehead atoms. The van der Waals surface area contributed by atoms with Crippen molar-refractivity contribution >= 4 is 21.6 Å². The number of sulfonamides is 1. The van der Waals surface area contributed by atoms with E-state index in [2.05, 4.69) is 5.32 Å². The Labute approximate surface area is 160 Å². The van der Waals surface area contributed by atoms with Crippen LogP contribution in [-0.2, 0) is 19.6 Å². The number of hydrogen-bond donors (Lipinski definition) is 2. The molecule has 2 aliphatic heterocycles. The summed E-state index contributed by atoms with van der Waals surface area (Å²) in [6, 6.07) is 6.00. The van der Waals surface area contributed by atoms with Gasteiger partial charge in [-0.1, -0.05) is 6.07 Å². The Bertz CT molecular complexity index is 756. The molecule has 1 amide bonds. The Hall–Kier alpha value is -1.52. The fourth-order valence-corrected chi connectivity index (χ4v) is 4.81. The van der Waals surface area contributed by atoms with Gasteiger partial charge in [0.1, 0.15) is 0 Å². The molecule has 0 aromatic heterocycles. The minimum atomic E-state index is -3.60. The van der Waals surface area contributed by atoms with Gasteiger partial charge >= 0.3 is 0 Å². The van der Waals surface area contributed by atoms with E-state index in [0.717, 1.165) is 0 Å². The van der Waals surface area contributed by atoms with Crippen LogP contribution in [0.25, 0.3) is 0 Å². The summed E-state index contributed by atoms with van der Waals surface area (Å²) >= 11 is 0. The second-order valence-corrected chi connectivity index (χ2v) is 8.91. The van der Waals surface area contributed by atoms with Crippen molar-refractivity contribution in [1.82, 2.24) is 9.21 Å². The lowest BCUT2D eigenvalue weighted by atomic mass is 10.1. The number of nitrogens with one attached hydrogen (secondary N) is 1. The second-order valence-electron chi connectivity index (χ2n) is 6.98. The van der Waals surface area contributed by atoms with Gasteiger partial charge in [-0.15, -0.1) is 0 Å². The minimum absolute atomic E-state index is 0.163. The molecule has 0 unspecified atom stereocenters. The summed E-state index contributed by atoms with van der Waals surface area (Å²) < 4.78 is 32.1. The van der Waals surface area contributed by atoms with E-state index in [1.165, 1.54) is 16.4 Å². The van der Waals surface area contributed by atoms with Crippen LogP contribution in [0.15, 0.2) is 29.2 Å². The highest BCUT2D eigenvalue weighted by Crippen LogP contribution is 2.21. The van der Waals surface area contributed by atoms with E-state index in [4.69, 9.17) is 4.74 Å². The quantitative estimate of drug-likeness (QED) is 0.750. The van der Waals surface area contributed by atoms with Crippen LogP contribution in [0, 0.1) is 0 Å². The van der Waals surface area contributed by atoms with Crippen LogP contribution in [0.3, 0.4) is 0 Å². The second kappa shape index (κ2) is 8.66. The van der Waals surface area contributed by atoms with Crippen molar-refractivity contribution < 1.29 is 23.1 Å². The van der Waals surface area contributed by atoms with E-state index in [-0.39, 0.29) is 22.9 Å². The van der Waals surface area contributed by atoms with Gasteiger partial charge in [0.15, 0.2) is 0 Å². The third kappa shape index (κ3) is 4.85. The van der Waals surface area contributed by atoms with Gasteiger partial charge in [-0.25, -0.2) is 8.42 Å². The van der Waals surface area contributed by atoms with Gasteiger partial charge in [0, 0.05) is 31.9 Å². The van der Waals surface area contributed by atoms with Crippen LogP contribution in [0.4, 0.5) is 5.69 Å². The lowest BCUT2D eigenvalue weighted by molar-refractivity contribution is -0.121. The van der Waals surface area contributed by atoms with E-state index in [9.17, 15) is 18.3 Å². The van der Waals surface area contributed by atoms with E-state index in [1.54, 1.807) is 12.1 Å². The Morgan fingerprint density at radius 3 is 2.56 bits per heavy atom. The van der Waals surface area contributed by atoms with Gasteiger partial charge in [-0.2, -0.15) is 4.31 Å². The summed E-state index contributed by atoms with van der Waals surface area (Å²) in [4.78, 5) is 14.8. The predicted octanol–water partition coefficient (Wildman–Crippen LogP) is 0.491. The van der Waals surface area contributed by atoms with Gasteiger partial charge in [0.2, 0.25) is 15.9 Å². The van der Waals surface area contributed by atoms with Crippen LogP contribution in [0.1, 0.15) is 19.8 Å². The van der Waals surface area contributed by atoms with Gasteiger partial charge in [0.05, 0.1) is 30.3 Å². The first-order chi connectivity index (χ1) is 12.9. The summed E-state index contributed by atoms with van der Waals surface area (Å²) in [6.07, 6.45) is 1.02. The Morgan fingerprint density at radius 1 is 1.22 bits per heavy atom. The number of likely N-dealkylation sites (tertiary alicyclic amines) is 1. The summed E-state index contributed by atoms with van der Waals surface area (Å²) in [5.41, 5.74) is 0.457. The summed E-state index contributed by atoms with van der Waals surface area (Å²) in [5.74, 6) is -0.188. The highest BCUT2D eigenvalue weighted by molar-refractivity contribution is 7.89. The number of carbonyl (C=O) groups is 1. The fraction of sp³-hybridized carbons (Fsp3) is 0.611. The number of piperidine rings is 1. The number of nitrogens with zero attached hydrogens (tertiary/aromatic N) is 2. The average molecular weight is 397 g/mol. The van der Waals surface area contributed by atoms with Crippen LogP contribution >= 0.6 is 0 Å². The number of aliphatic hydroxyl groups is 1. The molecule has 1 aromatic carbocycles. The minimum Gasteiger partial charge on any atom is -0.393 e. The molecule has 2 N–H and O–H groups in total. The van der Waals surface area contributed by atoms with Crippen molar-refractivity contribution in [3.8, 4) is 0 Å². The standard InChI is InChI=1S/C18H27N3O5S/c1-14(20-7-5-16(22)6-8-20)18(23)19-15-3-2-4-17(13-15)27(24,25)21-9-11-26-12-10-21/h2-4,13-14,16,22H,5-12H2,1H3,(H,19,23)/t14-/m0/s1. The maximum atomic E-state index is 12.8. The average Bonchev–Trinajstić information content (AvgIpc) is 2.69. The number of ether oxygens (including phenoxy) is 1. The zero-order valence-corrected chi connectivity index (χ0v) is 16.3. The molecule has 3 rings (SSSR count). The monoisotopic (exact) mass is 397 g/mol. The van der Waals surface area contributed by atoms with Gasteiger partial charge in [0.25, 0.3) is 0 Å². The Balaban J connectivity index is 1.67. The lowest BCUT2D eigenvalue weighted by Crippen LogP contribution is -2.47. The van der Waals surface area contributed by atoms with E-state index in [1.807, 2.05) is 11.8 Å². The predicted molar refractivity (Wildman–Crippen MR) is 101 cm³/mol. The van der Waals surface area contributed by atoms with E-state index < -0.39 is 10.0 Å². The Morgan fingerprint density at radius 2 is 1.89 bits per heavy atom. The number of anilines is 1. The highest BCUT2D eigenvalue weighted by Gasteiger charge is 2.28. The van der Waals surface area contributed by atoms with Crippen LogP contribution < -0.4 is 5.32 Å². The first kappa shape index (κ1) is 20.2. The number of morpholine rings is 1. The Kier molecular flexibility index (Phi) is 6.48. The largest absolute Gasteiger partial charge is 0.393 e. The molecule has 9 heteroatoms. The molecule has 27 heavy (non-hydrogen) atoms. The van der Waals surface area contributed by atoms with Crippen LogP contribution in [-0.4, -0.2) is 80.2 Å². The van der Waals surface area contributed by atoms with Gasteiger partial charge in [-0.05, 0) is 38.0 Å². The molecule has 0 radical (unpaired) electrons. The third-order valence-electron chi connectivity index (χ3n) is 5.14. The maximum absolute atomic E-state index is 12.8. The van der Waals surface area contributed by atoms with E-state index >= 15 is 0 Å². The first-order valence-corrected chi connectivity index (χ1v) is 10.7. The maximum Gasteiger partial charge on any atom is 0.243 e.